The molecule has 0 saturated carbocycles. The summed E-state index contributed by atoms with van der Waals surface area (Å²) in [7, 11) is 3.46. The number of methoxy groups -OCH3 is 1. The minimum absolute atomic E-state index is 0.346. The highest BCUT2D eigenvalue weighted by atomic mass is 16.5. The summed E-state index contributed by atoms with van der Waals surface area (Å²) in [5.74, 6) is 1.74. The van der Waals surface area contributed by atoms with Crippen molar-refractivity contribution in [2.24, 2.45) is 5.92 Å². The number of ether oxygens (including phenoxy) is 1. The van der Waals surface area contributed by atoms with Gasteiger partial charge in [-0.15, -0.1) is 0 Å². The average molecular weight is 282 g/mol. The minimum atomic E-state index is -0.507. The first-order valence-corrected chi connectivity index (χ1v) is 6.94. The summed E-state index contributed by atoms with van der Waals surface area (Å²) in [5, 5.41) is 6.60. The van der Waals surface area contributed by atoms with Crippen molar-refractivity contribution in [1.29, 1.82) is 0 Å². The molecular formula is C13H22N4O3. The van der Waals surface area contributed by atoms with Crippen molar-refractivity contribution in [2.45, 2.75) is 32.2 Å². The van der Waals surface area contributed by atoms with E-state index in [1.807, 2.05) is 0 Å². The highest BCUT2D eigenvalue weighted by molar-refractivity contribution is 5.67. The van der Waals surface area contributed by atoms with Gasteiger partial charge in [0.1, 0.15) is 6.04 Å². The largest absolute Gasteiger partial charge is 0.453 e. The fraction of sp³-hybridized carbons (Fsp3) is 0.769. The molecule has 0 bridgehead atoms. The van der Waals surface area contributed by atoms with Crippen LogP contribution in [0, 0.1) is 5.92 Å². The molecule has 1 atom stereocenters. The van der Waals surface area contributed by atoms with Gasteiger partial charge in [-0.3, -0.25) is 0 Å². The third kappa shape index (κ3) is 3.93. The summed E-state index contributed by atoms with van der Waals surface area (Å²) >= 11 is 0. The van der Waals surface area contributed by atoms with Gasteiger partial charge >= 0.3 is 6.09 Å². The predicted molar refractivity (Wildman–Crippen MR) is 72.2 cm³/mol. The van der Waals surface area contributed by atoms with E-state index in [0.717, 1.165) is 32.4 Å². The molecule has 1 fully saturated rings. The van der Waals surface area contributed by atoms with Crippen LogP contribution in [-0.2, 0) is 11.2 Å². The van der Waals surface area contributed by atoms with Crippen LogP contribution >= 0.6 is 0 Å². The van der Waals surface area contributed by atoms with Gasteiger partial charge in [0, 0.05) is 6.42 Å². The van der Waals surface area contributed by atoms with Crippen molar-refractivity contribution < 1.29 is 14.1 Å². The van der Waals surface area contributed by atoms with Crippen LogP contribution in [-0.4, -0.2) is 48.4 Å². The Morgan fingerprint density at radius 3 is 2.90 bits per heavy atom. The van der Waals surface area contributed by atoms with Crippen LogP contribution in [0.15, 0.2) is 4.52 Å². The van der Waals surface area contributed by atoms with Crippen LogP contribution < -0.4 is 5.32 Å². The van der Waals surface area contributed by atoms with E-state index in [0.29, 0.717) is 17.6 Å². The van der Waals surface area contributed by atoms with Crippen molar-refractivity contribution in [3.63, 3.8) is 0 Å². The van der Waals surface area contributed by atoms with E-state index in [4.69, 9.17) is 4.52 Å². The predicted octanol–water partition coefficient (Wildman–Crippen LogP) is 1.37. The Balaban J connectivity index is 1.87. The fourth-order valence-electron chi connectivity index (χ4n) is 2.35. The highest BCUT2D eigenvalue weighted by Gasteiger charge is 2.21. The summed E-state index contributed by atoms with van der Waals surface area (Å²) in [4.78, 5) is 17.8. The summed E-state index contributed by atoms with van der Waals surface area (Å²) < 4.78 is 9.73. The molecule has 0 aliphatic carbocycles. The normalized spacial score (nSPS) is 18.8. The van der Waals surface area contributed by atoms with Crippen molar-refractivity contribution in [3.05, 3.63) is 11.7 Å². The summed E-state index contributed by atoms with van der Waals surface area (Å²) in [6, 6.07) is -0.346. The van der Waals surface area contributed by atoms with Crippen molar-refractivity contribution in [2.75, 3.05) is 27.2 Å². The maximum absolute atomic E-state index is 11.1. The van der Waals surface area contributed by atoms with E-state index in [9.17, 15) is 4.79 Å². The van der Waals surface area contributed by atoms with E-state index < -0.39 is 6.09 Å². The molecule has 0 radical (unpaired) electrons. The van der Waals surface area contributed by atoms with Crippen molar-refractivity contribution in [3.8, 4) is 0 Å². The summed E-state index contributed by atoms with van der Waals surface area (Å²) in [5.41, 5.74) is 0. The van der Waals surface area contributed by atoms with Gasteiger partial charge in [0.2, 0.25) is 5.89 Å². The van der Waals surface area contributed by atoms with Gasteiger partial charge in [-0.2, -0.15) is 4.98 Å². The topological polar surface area (TPSA) is 80.5 Å². The average Bonchev–Trinajstić information content (AvgIpc) is 2.90. The number of likely N-dealkylation sites (tertiary alicyclic amines) is 1. The lowest BCUT2D eigenvalue weighted by molar-refractivity contribution is 0.165. The molecule has 20 heavy (non-hydrogen) atoms. The number of alkyl carbamates (subject to hydrolysis) is 1. The zero-order valence-corrected chi connectivity index (χ0v) is 12.3. The minimum Gasteiger partial charge on any atom is -0.453 e. The Hall–Kier alpha value is -1.63. The number of hydrogen-bond donors (Lipinski definition) is 1. The van der Waals surface area contributed by atoms with Crippen molar-refractivity contribution >= 4 is 6.09 Å². The molecule has 2 rings (SSSR count). The Morgan fingerprint density at radius 1 is 1.55 bits per heavy atom. The van der Waals surface area contributed by atoms with Gasteiger partial charge < -0.3 is 19.5 Å². The van der Waals surface area contributed by atoms with E-state index in [1.54, 1.807) is 6.92 Å². The molecule has 1 amide bonds. The number of amides is 1. The number of carbonyl (C=O) groups is 1. The number of hydrogen-bond acceptors (Lipinski definition) is 6. The quantitative estimate of drug-likeness (QED) is 0.898. The van der Waals surface area contributed by atoms with Crippen LogP contribution in [0.4, 0.5) is 4.79 Å². The Labute approximate surface area is 118 Å². The lowest BCUT2D eigenvalue weighted by atomic mass is 9.94. The Kier molecular flexibility index (Phi) is 4.94. The molecule has 1 saturated heterocycles. The molecule has 7 nitrogen and oxygen atoms in total. The second-order valence-electron chi connectivity index (χ2n) is 5.36. The molecule has 112 valence electrons. The molecule has 1 aromatic rings. The Bertz CT molecular complexity index is 441. The van der Waals surface area contributed by atoms with Gasteiger partial charge in [-0.05, 0) is 45.8 Å². The molecule has 0 unspecified atom stereocenters. The summed E-state index contributed by atoms with van der Waals surface area (Å²) in [6.45, 7) is 4.02. The lowest BCUT2D eigenvalue weighted by Gasteiger charge is -2.28. The summed E-state index contributed by atoms with van der Waals surface area (Å²) in [6.07, 6.45) is 2.65. The van der Waals surface area contributed by atoms with Crippen LogP contribution in [0.2, 0.25) is 0 Å². The van der Waals surface area contributed by atoms with Crippen LogP contribution in [0.3, 0.4) is 0 Å². The molecule has 0 aromatic carbocycles. The zero-order chi connectivity index (χ0) is 14.5. The second-order valence-corrected chi connectivity index (χ2v) is 5.36. The van der Waals surface area contributed by atoms with E-state index in [1.165, 1.54) is 7.11 Å². The second kappa shape index (κ2) is 6.69. The first-order valence-electron chi connectivity index (χ1n) is 6.94. The first-order chi connectivity index (χ1) is 9.58. The lowest BCUT2D eigenvalue weighted by Crippen LogP contribution is -2.31. The van der Waals surface area contributed by atoms with Gasteiger partial charge in [0.05, 0.1) is 7.11 Å². The van der Waals surface area contributed by atoms with Crippen LogP contribution in [0.5, 0.6) is 0 Å². The van der Waals surface area contributed by atoms with Crippen LogP contribution in [0.1, 0.15) is 37.5 Å². The molecule has 2 heterocycles. The van der Waals surface area contributed by atoms with Crippen molar-refractivity contribution in [1.82, 2.24) is 20.4 Å². The molecule has 1 aliphatic heterocycles. The van der Waals surface area contributed by atoms with Gasteiger partial charge in [-0.25, -0.2) is 4.79 Å². The molecule has 1 aromatic heterocycles. The maximum Gasteiger partial charge on any atom is 0.407 e. The number of nitrogens with zero attached hydrogens (tertiary/aromatic N) is 3. The smallest absolute Gasteiger partial charge is 0.407 e. The van der Waals surface area contributed by atoms with Gasteiger partial charge in [-0.1, -0.05) is 5.16 Å². The Morgan fingerprint density at radius 2 is 2.25 bits per heavy atom. The van der Waals surface area contributed by atoms with E-state index >= 15 is 0 Å². The molecule has 1 aliphatic rings. The SMILES string of the molecule is COC(=O)N[C@H](C)c1nc(CC2CCN(C)CC2)no1. The van der Waals surface area contributed by atoms with Crippen LogP contribution in [0.25, 0.3) is 0 Å². The third-order valence-corrected chi connectivity index (χ3v) is 3.68. The third-order valence-electron chi connectivity index (χ3n) is 3.68. The number of nitrogens with one attached hydrogen (secondary N) is 1. The first kappa shape index (κ1) is 14.8. The van der Waals surface area contributed by atoms with Gasteiger partial charge in [0.15, 0.2) is 5.82 Å². The number of aromatic nitrogens is 2. The molecule has 1 N–H and O–H groups in total. The zero-order valence-electron chi connectivity index (χ0n) is 12.3. The number of rotatable bonds is 4. The van der Waals surface area contributed by atoms with E-state index in [2.05, 4.69) is 32.1 Å². The fourth-order valence-corrected chi connectivity index (χ4v) is 2.35. The monoisotopic (exact) mass is 282 g/mol. The highest BCUT2D eigenvalue weighted by Crippen LogP contribution is 2.20. The molecular weight excluding hydrogens is 260 g/mol. The molecule has 0 spiro atoms. The van der Waals surface area contributed by atoms with Gasteiger partial charge in [0.25, 0.3) is 0 Å². The number of carbonyl (C=O) groups excluding carboxylic acids is 1. The standard InChI is InChI=1S/C13H22N4O3/c1-9(14-13(18)19-3)12-15-11(16-20-12)8-10-4-6-17(2)7-5-10/h9-10H,4-8H2,1-3H3,(H,14,18)/t9-/m1/s1. The van der Waals surface area contributed by atoms with E-state index in [-0.39, 0.29) is 6.04 Å². The molecule has 7 heteroatoms. The maximum atomic E-state index is 11.1. The number of piperidine rings is 1.